The van der Waals surface area contributed by atoms with E-state index in [0.29, 0.717) is 17.1 Å². The maximum absolute atomic E-state index is 11.4. The van der Waals surface area contributed by atoms with Crippen LogP contribution in [0.4, 0.5) is 0 Å². The Kier molecular flexibility index (Phi) is 4.87. The number of aromatic nitrogens is 4. The van der Waals surface area contributed by atoms with Crippen LogP contribution >= 0.6 is 11.6 Å². The van der Waals surface area contributed by atoms with Crippen molar-refractivity contribution in [3.05, 3.63) is 89.3 Å². The van der Waals surface area contributed by atoms with Crippen LogP contribution in [0.25, 0.3) is 22.4 Å². The lowest BCUT2D eigenvalue weighted by atomic mass is 9.93. The van der Waals surface area contributed by atoms with Gasteiger partial charge < -0.3 is 5.73 Å². The highest BCUT2D eigenvalue weighted by molar-refractivity contribution is 6.33. The smallest absolute Gasteiger partial charge is 0.248 e. The number of carbonyl (C=O) groups is 1. The molecule has 0 aliphatic carbocycles. The molecule has 0 unspecified atom stereocenters. The second kappa shape index (κ2) is 7.62. The first-order valence-electron chi connectivity index (χ1n) is 8.60. The van der Waals surface area contributed by atoms with Crippen molar-refractivity contribution in [1.82, 2.24) is 20.0 Å². The van der Waals surface area contributed by atoms with Crippen LogP contribution in [0.5, 0.6) is 0 Å². The number of amides is 1. The van der Waals surface area contributed by atoms with Crippen LogP contribution in [0, 0.1) is 0 Å². The Labute approximate surface area is 166 Å². The number of hydrogen-bond acceptors (Lipinski definition) is 4. The summed E-state index contributed by atoms with van der Waals surface area (Å²) in [6, 6.07) is 16.7. The minimum atomic E-state index is -0.459. The molecule has 0 bridgehead atoms. The highest BCUT2D eigenvalue weighted by Crippen LogP contribution is 2.37. The molecule has 2 N–H and O–H groups in total. The van der Waals surface area contributed by atoms with Crippen LogP contribution in [-0.2, 0) is 6.54 Å². The second-order valence-electron chi connectivity index (χ2n) is 6.21. The molecule has 1 amide bonds. The van der Waals surface area contributed by atoms with Gasteiger partial charge in [-0.25, -0.2) is 4.68 Å². The van der Waals surface area contributed by atoms with Crippen LogP contribution in [-0.4, -0.2) is 25.9 Å². The predicted molar refractivity (Wildman–Crippen MR) is 108 cm³/mol. The van der Waals surface area contributed by atoms with Crippen LogP contribution in [0.2, 0.25) is 5.02 Å². The molecule has 4 rings (SSSR count). The van der Waals surface area contributed by atoms with E-state index in [-0.39, 0.29) is 0 Å². The van der Waals surface area contributed by atoms with Crippen molar-refractivity contribution in [3.8, 4) is 22.4 Å². The fraction of sp³-hybridized carbons (Fsp3) is 0.0476. The average molecular weight is 390 g/mol. The van der Waals surface area contributed by atoms with E-state index >= 15 is 0 Å². The van der Waals surface area contributed by atoms with Gasteiger partial charge in [-0.3, -0.25) is 9.78 Å². The minimum Gasteiger partial charge on any atom is -0.366 e. The number of nitrogens with two attached hydrogens (primary N) is 1. The summed E-state index contributed by atoms with van der Waals surface area (Å²) in [6.45, 7) is 0.472. The number of nitrogens with zero attached hydrogens (tertiary/aromatic N) is 4. The molecule has 28 heavy (non-hydrogen) atoms. The predicted octanol–water partition coefficient (Wildman–Crippen LogP) is 3.81. The molecule has 0 aliphatic heterocycles. The largest absolute Gasteiger partial charge is 0.366 e. The monoisotopic (exact) mass is 389 g/mol. The Hall–Kier alpha value is -3.51. The topological polar surface area (TPSA) is 86.7 Å². The van der Waals surface area contributed by atoms with Gasteiger partial charge in [0.15, 0.2) is 0 Å². The zero-order valence-electron chi connectivity index (χ0n) is 14.8. The molecular weight excluding hydrogens is 374 g/mol. The standard InChI is InChI=1S/C21H16ClN5O/c22-18-9-8-16(14-4-6-15(7-5-14)21(23)28)17(13-27-12-11-25-26-27)20(18)19-3-1-2-10-24-19/h1-12H,13H2,(H2,23,28). The summed E-state index contributed by atoms with van der Waals surface area (Å²) in [6.07, 6.45) is 5.16. The van der Waals surface area contributed by atoms with Crippen LogP contribution < -0.4 is 5.73 Å². The van der Waals surface area contributed by atoms with Gasteiger partial charge in [0.2, 0.25) is 5.91 Å². The molecule has 0 spiro atoms. The molecule has 0 fully saturated rings. The van der Waals surface area contributed by atoms with E-state index in [4.69, 9.17) is 17.3 Å². The maximum atomic E-state index is 11.4. The average Bonchev–Trinajstić information content (AvgIpc) is 3.22. The van der Waals surface area contributed by atoms with Crippen molar-refractivity contribution in [2.75, 3.05) is 0 Å². The molecule has 2 aromatic heterocycles. The molecule has 0 radical (unpaired) electrons. The Balaban J connectivity index is 1.91. The Morgan fingerprint density at radius 2 is 1.86 bits per heavy atom. The summed E-state index contributed by atoms with van der Waals surface area (Å²) in [5.41, 5.74) is 10.3. The lowest BCUT2D eigenvalue weighted by Gasteiger charge is -2.17. The summed E-state index contributed by atoms with van der Waals surface area (Å²) in [4.78, 5) is 15.9. The summed E-state index contributed by atoms with van der Waals surface area (Å²) in [5.74, 6) is -0.459. The fourth-order valence-electron chi connectivity index (χ4n) is 3.13. The normalized spacial score (nSPS) is 10.8. The van der Waals surface area contributed by atoms with Gasteiger partial charge >= 0.3 is 0 Å². The molecule has 0 saturated heterocycles. The van der Waals surface area contributed by atoms with Crippen molar-refractivity contribution < 1.29 is 4.79 Å². The van der Waals surface area contributed by atoms with E-state index in [0.717, 1.165) is 27.9 Å². The first-order valence-corrected chi connectivity index (χ1v) is 8.98. The van der Waals surface area contributed by atoms with Crippen molar-refractivity contribution in [2.24, 2.45) is 5.73 Å². The third-order valence-electron chi connectivity index (χ3n) is 4.46. The maximum Gasteiger partial charge on any atom is 0.248 e. The van der Waals surface area contributed by atoms with Gasteiger partial charge in [0.1, 0.15) is 0 Å². The molecular formula is C21H16ClN5O. The zero-order chi connectivity index (χ0) is 19.5. The molecule has 0 aliphatic rings. The number of primary amides is 1. The quantitative estimate of drug-likeness (QED) is 0.562. The van der Waals surface area contributed by atoms with Gasteiger partial charge in [0.25, 0.3) is 0 Å². The molecule has 138 valence electrons. The summed E-state index contributed by atoms with van der Waals surface area (Å²) in [7, 11) is 0. The van der Waals surface area contributed by atoms with Crippen molar-refractivity contribution in [1.29, 1.82) is 0 Å². The van der Waals surface area contributed by atoms with Gasteiger partial charge in [0, 0.05) is 23.5 Å². The number of hydrogen-bond donors (Lipinski definition) is 1. The lowest BCUT2D eigenvalue weighted by Crippen LogP contribution is -2.10. The van der Waals surface area contributed by atoms with Gasteiger partial charge in [0.05, 0.1) is 23.5 Å². The zero-order valence-corrected chi connectivity index (χ0v) is 15.5. The summed E-state index contributed by atoms with van der Waals surface area (Å²) < 4.78 is 1.74. The molecule has 2 heterocycles. The summed E-state index contributed by atoms with van der Waals surface area (Å²) >= 11 is 6.58. The van der Waals surface area contributed by atoms with E-state index < -0.39 is 5.91 Å². The molecule has 0 atom stereocenters. The Bertz CT molecular complexity index is 1110. The van der Waals surface area contributed by atoms with Crippen LogP contribution in [0.15, 0.2) is 73.2 Å². The Morgan fingerprint density at radius 3 is 2.50 bits per heavy atom. The molecule has 0 saturated carbocycles. The molecule has 4 aromatic rings. The van der Waals surface area contributed by atoms with Gasteiger partial charge in [-0.1, -0.05) is 41.1 Å². The lowest BCUT2D eigenvalue weighted by molar-refractivity contribution is 0.100. The van der Waals surface area contributed by atoms with E-state index in [1.54, 1.807) is 35.4 Å². The highest BCUT2D eigenvalue weighted by Gasteiger charge is 2.17. The number of benzene rings is 2. The first-order chi connectivity index (χ1) is 13.6. The summed E-state index contributed by atoms with van der Waals surface area (Å²) in [5, 5.41) is 8.58. The molecule has 6 nitrogen and oxygen atoms in total. The SMILES string of the molecule is NC(=O)c1ccc(-c2ccc(Cl)c(-c3ccccn3)c2Cn2ccnn2)cc1. The van der Waals surface area contributed by atoms with Crippen molar-refractivity contribution >= 4 is 17.5 Å². The Morgan fingerprint density at radius 1 is 1.04 bits per heavy atom. The van der Waals surface area contributed by atoms with Crippen molar-refractivity contribution in [3.63, 3.8) is 0 Å². The van der Waals surface area contributed by atoms with Crippen LogP contribution in [0.1, 0.15) is 15.9 Å². The molecule has 7 heteroatoms. The van der Waals surface area contributed by atoms with E-state index in [1.807, 2.05) is 42.5 Å². The van der Waals surface area contributed by atoms with Gasteiger partial charge in [-0.15, -0.1) is 5.10 Å². The van der Waals surface area contributed by atoms with E-state index in [9.17, 15) is 4.79 Å². The number of carbonyl (C=O) groups excluding carboxylic acids is 1. The van der Waals surface area contributed by atoms with Crippen LogP contribution in [0.3, 0.4) is 0 Å². The minimum absolute atomic E-state index is 0.459. The van der Waals surface area contributed by atoms with E-state index in [2.05, 4.69) is 15.3 Å². The first kappa shape index (κ1) is 17.9. The van der Waals surface area contributed by atoms with Gasteiger partial charge in [-0.2, -0.15) is 0 Å². The van der Waals surface area contributed by atoms with Crippen molar-refractivity contribution in [2.45, 2.75) is 6.54 Å². The molecule has 2 aromatic carbocycles. The van der Waals surface area contributed by atoms with Gasteiger partial charge in [-0.05, 0) is 47.0 Å². The third-order valence-corrected chi connectivity index (χ3v) is 4.77. The van der Waals surface area contributed by atoms with E-state index in [1.165, 1.54) is 0 Å². The highest BCUT2D eigenvalue weighted by atomic mass is 35.5. The number of rotatable bonds is 5. The number of pyridine rings is 1. The fourth-order valence-corrected chi connectivity index (χ4v) is 3.41. The number of halogens is 1. The second-order valence-corrected chi connectivity index (χ2v) is 6.61. The third kappa shape index (κ3) is 3.50.